The van der Waals surface area contributed by atoms with E-state index in [4.69, 9.17) is 0 Å². The highest BCUT2D eigenvalue weighted by Crippen LogP contribution is 2.44. The molecule has 144 valence electrons. The zero-order chi connectivity index (χ0) is 19.8. The van der Waals surface area contributed by atoms with E-state index in [1.54, 1.807) is 13.8 Å². The number of rotatable bonds is 0. The van der Waals surface area contributed by atoms with Crippen LogP contribution in [0.25, 0.3) is 0 Å². The van der Waals surface area contributed by atoms with Crippen molar-refractivity contribution in [3.8, 4) is 0 Å². The molecule has 4 bridgehead atoms. The normalized spacial score (nSPS) is 28.3. The summed E-state index contributed by atoms with van der Waals surface area (Å²) in [6.07, 6.45) is 2.82. The number of Topliss-reactive ketones (excluding diaryl/α,β-unsaturated/α-hetero) is 2. The average molecular weight is 376 g/mol. The Morgan fingerprint density at radius 3 is 1.36 bits per heavy atom. The van der Waals surface area contributed by atoms with Crippen molar-refractivity contribution in [3.63, 3.8) is 0 Å². The highest BCUT2D eigenvalue weighted by atomic mass is 16.3. The van der Waals surface area contributed by atoms with Gasteiger partial charge >= 0.3 is 0 Å². The number of hydrogen-bond donors (Lipinski definition) is 2. The van der Waals surface area contributed by atoms with Gasteiger partial charge in [-0.05, 0) is 72.9 Å². The van der Waals surface area contributed by atoms with Gasteiger partial charge in [-0.3, -0.25) is 9.59 Å². The van der Waals surface area contributed by atoms with Crippen molar-refractivity contribution in [1.29, 1.82) is 0 Å². The summed E-state index contributed by atoms with van der Waals surface area (Å²) in [5, 5.41) is 21.8. The maximum Gasteiger partial charge on any atom is 0.166 e. The quantitative estimate of drug-likeness (QED) is 0.741. The lowest BCUT2D eigenvalue weighted by atomic mass is 9.83. The van der Waals surface area contributed by atoms with Gasteiger partial charge in [-0.1, -0.05) is 24.3 Å². The Balaban J connectivity index is 1.71. The third-order valence-electron chi connectivity index (χ3n) is 6.73. The molecule has 6 rings (SSSR count). The van der Waals surface area contributed by atoms with Crippen molar-refractivity contribution in [1.82, 2.24) is 0 Å². The van der Waals surface area contributed by atoms with Gasteiger partial charge in [-0.15, -0.1) is 0 Å². The number of carbonyl (C=O) groups is 2. The fourth-order valence-corrected chi connectivity index (χ4v) is 5.60. The van der Waals surface area contributed by atoms with Crippen LogP contribution in [0.1, 0.15) is 80.8 Å². The van der Waals surface area contributed by atoms with Gasteiger partial charge in [-0.2, -0.15) is 0 Å². The van der Waals surface area contributed by atoms with Gasteiger partial charge < -0.3 is 10.2 Å². The third-order valence-corrected chi connectivity index (χ3v) is 6.73. The minimum Gasteiger partial charge on any atom is -0.385 e. The Kier molecular flexibility index (Phi) is 3.57. The summed E-state index contributed by atoms with van der Waals surface area (Å²) in [4.78, 5) is 25.4. The fourth-order valence-electron chi connectivity index (χ4n) is 5.60. The molecule has 0 fully saturated rings. The van der Waals surface area contributed by atoms with Crippen molar-refractivity contribution in [2.45, 2.75) is 63.6 Å². The average Bonchev–Trinajstić information content (AvgIpc) is 2.99. The molecule has 0 aliphatic heterocycles. The molecule has 2 aromatic carbocycles. The molecule has 0 spiro atoms. The second-order valence-corrected chi connectivity index (χ2v) is 9.02. The maximum atomic E-state index is 12.7. The topological polar surface area (TPSA) is 74.6 Å². The standard InChI is InChI=1S/C24H24O4/c1-23(27)11-17(25)19-13-3-4-14-6-8-16(10-9-15(7-5-13)21(19)23)22-20(14)18(26)12-24(22,2)28/h5-8,27-28H,3-4,9-12H2,1-2H3/t23-,24+. The number of aryl methyl sites for hydroxylation is 4. The van der Waals surface area contributed by atoms with Crippen molar-refractivity contribution in [2.24, 2.45) is 0 Å². The molecule has 4 nitrogen and oxygen atoms in total. The molecule has 4 aliphatic carbocycles. The predicted molar refractivity (Wildman–Crippen MR) is 105 cm³/mol. The predicted octanol–water partition coefficient (Wildman–Crippen LogP) is 3.16. The summed E-state index contributed by atoms with van der Waals surface area (Å²) in [6, 6.07) is 8.11. The molecule has 2 aromatic rings. The van der Waals surface area contributed by atoms with Crippen LogP contribution in [0.3, 0.4) is 0 Å². The maximum absolute atomic E-state index is 12.7. The highest BCUT2D eigenvalue weighted by molar-refractivity contribution is 6.04. The minimum absolute atomic E-state index is 0.00652. The Bertz CT molecular complexity index is 973. The van der Waals surface area contributed by atoms with Gasteiger partial charge in [0.1, 0.15) is 0 Å². The summed E-state index contributed by atoms with van der Waals surface area (Å²) < 4.78 is 0. The molecule has 0 saturated carbocycles. The lowest BCUT2D eigenvalue weighted by Crippen LogP contribution is -2.21. The first kappa shape index (κ1) is 17.8. The third kappa shape index (κ3) is 2.38. The summed E-state index contributed by atoms with van der Waals surface area (Å²) >= 11 is 0. The van der Waals surface area contributed by atoms with E-state index >= 15 is 0 Å². The second-order valence-electron chi connectivity index (χ2n) is 9.02. The van der Waals surface area contributed by atoms with Gasteiger partial charge in [-0.25, -0.2) is 0 Å². The summed E-state index contributed by atoms with van der Waals surface area (Å²) in [7, 11) is 0. The number of hydrogen-bond acceptors (Lipinski definition) is 4. The second kappa shape index (κ2) is 5.62. The minimum atomic E-state index is -1.13. The van der Waals surface area contributed by atoms with E-state index in [0.29, 0.717) is 36.8 Å². The van der Waals surface area contributed by atoms with Crippen molar-refractivity contribution in [3.05, 3.63) is 68.8 Å². The summed E-state index contributed by atoms with van der Waals surface area (Å²) in [6.45, 7) is 3.45. The molecule has 4 aliphatic rings. The van der Waals surface area contributed by atoms with Crippen molar-refractivity contribution >= 4 is 11.6 Å². The van der Waals surface area contributed by atoms with E-state index < -0.39 is 11.2 Å². The molecule has 28 heavy (non-hydrogen) atoms. The number of benzene rings is 2. The molecule has 0 amide bonds. The molecule has 0 saturated heterocycles. The monoisotopic (exact) mass is 376 g/mol. The molecule has 0 heterocycles. The highest BCUT2D eigenvalue weighted by Gasteiger charge is 2.43. The van der Waals surface area contributed by atoms with Crippen LogP contribution in [-0.2, 0) is 36.9 Å². The molecule has 0 radical (unpaired) electrons. The lowest BCUT2D eigenvalue weighted by Gasteiger charge is -2.25. The molecular weight excluding hydrogens is 352 g/mol. The number of fused-ring (bicyclic) bond motifs is 4. The largest absolute Gasteiger partial charge is 0.385 e. The van der Waals surface area contributed by atoms with Crippen LogP contribution in [0, 0.1) is 0 Å². The van der Waals surface area contributed by atoms with E-state index in [0.717, 1.165) is 33.4 Å². The van der Waals surface area contributed by atoms with Gasteiger partial charge in [0.05, 0.1) is 11.2 Å². The summed E-state index contributed by atoms with van der Waals surface area (Å²) in [5.74, 6) is 0.0130. The SMILES string of the molecule is C[C@]1(O)CC(=O)c2c3ccc(c21)CCc1ccc(c2c1[C@](C)(O)CC2=O)CC3. The fraction of sp³-hybridized carbons (Fsp3) is 0.417. The van der Waals surface area contributed by atoms with Crippen LogP contribution in [-0.4, -0.2) is 21.8 Å². The van der Waals surface area contributed by atoms with Gasteiger partial charge in [0.15, 0.2) is 11.6 Å². The zero-order valence-electron chi connectivity index (χ0n) is 16.3. The Hall–Kier alpha value is -2.30. The first-order chi connectivity index (χ1) is 13.2. The van der Waals surface area contributed by atoms with Gasteiger partial charge in [0, 0.05) is 24.0 Å². The molecular formula is C24H24O4. The van der Waals surface area contributed by atoms with Crippen LogP contribution < -0.4 is 0 Å². The molecule has 2 atom stereocenters. The first-order valence-electron chi connectivity index (χ1n) is 10.0. The lowest BCUT2D eigenvalue weighted by molar-refractivity contribution is 0.0512. The molecule has 4 heteroatoms. The smallest absolute Gasteiger partial charge is 0.166 e. The first-order valence-corrected chi connectivity index (χ1v) is 10.0. The van der Waals surface area contributed by atoms with Gasteiger partial charge in [0.25, 0.3) is 0 Å². The van der Waals surface area contributed by atoms with E-state index in [-0.39, 0.29) is 24.4 Å². The van der Waals surface area contributed by atoms with Crippen LogP contribution in [0.15, 0.2) is 24.3 Å². The van der Waals surface area contributed by atoms with Crippen LogP contribution in [0.4, 0.5) is 0 Å². The van der Waals surface area contributed by atoms with Crippen LogP contribution in [0.2, 0.25) is 0 Å². The number of carbonyl (C=O) groups excluding carboxylic acids is 2. The van der Waals surface area contributed by atoms with E-state index in [1.807, 2.05) is 24.3 Å². The van der Waals surface area contributed by atoms with Crippen LogP contribution >= 0.6 is 0 Å². The Morgan fingerprint density at radius 2 is 0.964 bits per heavy atom. The number of ketones is 2. The number of aliphatic hydroxyl groups is 2. The van der Waals surface area contributed by atoms with E-state index in [9.17, 15) is 19.8 Å². The molecule has 0 aromatic heterocycles. The van der Waals surface area contributed by atoms with Crippen molar-refractivity contribution in [2.75, 3.05) is 0 Å². The molecule has 2 N–H and O–H groups in total. The van der Waals surface area contributed by atoms with E-state index in [1.165, 1.54) is 0 Å². The zero-order valence-corrected chi connectivity index (χ0v) is 16.3. The summed E-state index contributed by atoms with van der Waals surface area (Å²) in [5.41, 5.74) is 4.53. The van der Waals surface area contributed by atoms with E-state index in [2.05, 4.69) is 0 Å². The van der Waals surface area contributed by atoms with Crippen LogP contribution in [0.5, 0.6) is 0 Å². The van der Waals surface area contributed by atoms with Crippen molar-refractivity contribution < 1.29 is 19.8 Å². The Labute approximate surface area is 164 Å². The Morgan fingerprint density at radius 1 is 0.643 bits per heavy atom. The van der Waals surface area contributed by atoms with Gasteiger partial charge in [0.2, 0.25) is 0 Å². The molecule has 0 unspecified atom stereocenters.